The molecule has 2 N–H and O–H groups in total. The second-order valence-corrected chi connectivity index (χ2v) is 7.04. The number of hydrogen-bond acceptors (Lipinski definition) is 4. The zero-order valence-corrected chi connectivity index (χ0v) is 16.8. The van der Waals surface area contributed by atoms with E-state index < -0.39 is 30.7 Å². The van der Waals surface area contributed by atoms with Crippen LogP contribution in [-0.4, -0.2) is 27.1 Å². The molecule has 2 aromatic carbocycles. The summed E-state index contributed by atoms with van der Waals surface area (Å²) in [6, 6.07) is 15.0. The van der Waals surface area contributed by atoms with Gasteiger partial charge in [-0.05, 0) is 36.4 Å². The van der Waals surface area contributed by atoms with Gasteiger partial charge in [-0.1, -0.05) is 24.3 Å². The van der Waals surface area contributed by atoms with E-state index in [0.717, 1.165) is 10.7 Å². The largest absolute Gasteiger partial charge is 0.433 e. The summed E-state index contributed by atoms with van der Waals surface area (Å²) in [6.45, 7) is -0.632. The maximum Gasteiger partial charge on any atom is 0.433 e. The molecule has 0 radical (unpaired) electrons. The number of para-hydroxylation sites is 1. The summed E-state index contributed by atoms with van der Waals surface area (Å²) in [5.74, 6) is -0.617. The lowest BCUT2D eigenvalue weighted by atomic mass is 10.1. The highest BCUT2D eigenvalue weighted by atomic mass is 19.4. The van der Waals surface area contributed by atoms with E-state index in [0.29, 0.717) is 16.8 Å². The highest BCUT2D eigenvalue weighted by molar-refractivity contribution is 6.03. The van der Waals surface area contributed by atoms with Crippen molar-refractivity contribution in [2.24, 2.45) is 0 Å². The molecule has 4 rings (SSSR count). The Morgan fingerprint density at radius 3 is 2.52 bits per heavy atom. The van der Waals surface area contributed by atoms with Gasteiger partial charge in [0.1, 0.15) is 12.2 Å². The molecule has 0 spiro atoms. The normalized spacial score (nSPS) is 11.7. The topological polar surface area (TPSA) is 71.8 Å². The third-order valence-electron chi connectivity index (χ3n) is 4.60. The lowest BCUT2D eigenvalue weighted by Gasteiger charge is -2.14. The molecule has 4 aromatic rings. The first-order chi connectivity index (χ1) is 15.7. The summed E-state index contributed by atoms with van der Waals surface area (Å²) >= 11 is 0. The monoisotopic (exact) mass is 461 g/mol. The minimum absolute atomic E-state index is 0.0519. The van der Waals surface area contributed by atoms with Gasteiger partial charge >= 0.3 is 6.18 Å². The fourth-order valence-corrected chi connectivity index (χ4v) is 3.18. The van der Waals surface area contributed by atoms with Gasteiger partial charge in [-0.3, -0.25) is 9.48 Å². The van der Waals surface area contributed by atoms with Crippen molar-refractivity contribution in [3.05, 3.63) is 78.2 Å². The third kappa shape index (κ3) is 5.25. The fourth-order valence-electron chi connectivity index (χ4n) is 3.18. The van der Waals surface area contributed by atoms with E-state index in [2.05, 4.69) is 20.7 Å². The van der Waals surface area contributed by atoms with Crippen LogP contribution in [0.2, 0.25) is 0 Å². The van der Waals surface area contributed by atoms with Crippen LogP contribution in [0, 0.1) is 0 Å². The van der Waals surface area contributed by atoms with E-state index in [-0.39, 0.29) is 16.9 Å². The predicted molar refractivity (Wildman–Crippen MR) is 113 cm³/mol. The molecule has 11 heteroatoms. The van der Waals surface area contributed by atoms with E-state index in [4.69, 9.17) is 0 Å². The summed E-state index contributed by atoms with van der Waals surface area (Å²) < 4.78 is 65.7. The molecule has 6 nitrogen and oxygen atoms in total. The van der Waals surface area contributed by atoms with Crippen molar-refractivity contribution in [2.75, 3.05) is 10.6 Å². The summed E-state index contributed by atoms with van der Waals surface area (Å²) in [7, 11) is 0. The lowest BCUT2D eigenvalue weighted by Crippen LogP contribution is -2.14. The van der Waals surface area contributed by atoms with Crippen molar-refractivity contribution in [2.45, 2.75) is 19.1 Å². The number of amides is 1. The number of rotatable bonds is 6. The van der Waals surface area contributed by atoms with Crippen LogP contribution in [0.5, 0.6) is 0 Å². The molecule has 0 aliphatic heterocycles. The summed E-state index contributed by atoms with van der Waals surface area (Å²) in [5.41, 5.74) is 0.0423. The highest BCUT2D eigenvalue weighted by Gasteiger charge is 2.33. The first-order valence-corrected chi connectivity index (χ1v) is 9.66. The van der Waals surface area contributed by atoms with Crippen molar-refractivity contribution >= 4 is 33.9 Å². The minimum atomic E-state index is -4.62. The second kappa shape index (κ2) is 8.85. The molecular formula is C22H16F5N5O. The van der Waals surface area contributed by atoms with Crippen LogP contribution in [0.15, 0.2) is 66.9 Å². The van der Waals surface area contributed by atoms with Crippen LogP contribution < -0.4 is 10.6 Å². The zero-order chi connectivity index (χ0) is 23.6. The van der Waals surface area contributed by atoms with Gasteiger partial charge in [0.05, 0.1) is 11.2 Å². The van der Waals surface area contributed by atoms with Crippen molar-refractivity contribution in [3.63, 3.8) is 0 Å². The summed E-state index contributed by atoms with van der Waals surface area (Å²) in [6.07, 6.45) is -5.96. The third-order valence-corrected chi connectivity index (χ3v) is 4.60. The number of alkyl halides is 5. The second-order valence-electron chi connectivity index (χ2n) is 7.04. The molecule has 0 saturated carbocycles. The van der Waals surface area contributed by atoms with Gasteiger partial charge in [-0.25, -0.2) is 13.8 Å². The molecule has 33 heavy (non-hydrogen) atoms. The number of hydrogen-bond donors (Lipinski definition) is 2. The number of fused-ring (bicyclic) bond motifs is 1. The van der Waals surface area contributed by atoms with E-state index >= 15 is 0 Å². The lowest BCUT2D eigenvalue weighted by molar-refractivity contribution is -0.140. The van der Waals surface area contributed by atoms with Crippen LogP contribution in [-0.2, 0) is 12.7 Å². The van der Waals surface area contributed by atoms with Crippen LogP contribution in [0.4, 0.5) is 39.0 Å². The number of pyridine rings is 1. The van der Waals surface area contributed by atoms with Crippen LogP contribution >= 0.6 is 0 Å². The summed E-state index contributed by atoms with van der Waals surface area (Å²) in [4.78, 5) is 16.1. The number of carbonyl (C=O) groups excluding carboxylic acids is 1. The quantitative estimate of drug-likeness (QED) is 0.361. The molecule has 0 fully saturated rings. The Morgan fingerprint density at radius 1 is 1.00 bits per heavy atom. The smallest absolute Gasteiger partial charge is 0.355 e. The molecule has 0 saturated heterocycles. The Balaban J connectivity index is 1.57. The molecule has 0 bridgehead atoms. The SMILES string of the molecule is O=C(Nc1cccc(Nc2cc(C(F)(F)F)nc3ccccc23)c1)c1ccn(CC(F)F)n1. The standard InChI is InChI=1S/C22H16F5N5O/c23-20(24)12-32-9-8-17(31-32)21(33)29-14-5-3-4-13(10-14)28-18-11-19(22(25,26)27)30-16-7-2-1-6-15(16)18/h1-11,20H,12H2,(H,28,30)(H,29,33). The molecule has 0 aliphatic carbocycles. The average molecular weight is 461 g/mol. The first-order valence-electron chi connectivity index (χ1n) is 9.66. The van der Waals surface area contributed by atoms with E-state index in [1.807, 2.05) is 0 Å². The number of nitrogens with zero attached hydrogens (tertiary/aromatic N) is 3. The average Bonchev–Trinajstić information content (AvgIpc) is 3.21. The molecule has 1 amide bonds. The van der Waals surface area contributed by atoms with Gasteiger partial charge in [0, 0.05) is 23.0 Å². The van der Waals surface area contributed by atoms with Crippen molar-refractivity contribution in [1.82, 2.24) is 14.8 Å². The Morgan fingerprint density at radius 2 is 1.76 bits per heavy atom. The number of aromatic nitrogens is 3. The molecule has 0 unspecified atom stereocenters. The van der Waals surface area contributed by atoms with Gasteiger partial charge in [0.2, 0.25) is 0 Å². The maximum atomic E-state index is 13.3. The van der Waals surface area contributed by atoms with Crippen molar-refractivity contribution < 1.29 is 26.7 Å². The molecule has 170 valence electrons. The number of anilines is 3. The van der Waals surface area contributed by atoms with Crippen molar-refractivity contribution in [3.8, 4) is 0 Å². The fraction of sp³-hybridized carbons (Fsp3) is 0.136. The molecule has 2 aromatic heterocycles. The number of carbonyl (C=O) groups is 1. The van der Waals surface area contributed by atoms with E-state index in [9.17, 15) is 26.7 Å². The predicted octanol–water partition coefficient (Wildman–Crippen LogP) is 5.71. The zero-order valence-electron chi connectivity index (χ0n) is 16.8. The van der Waals surface area contributed by atoms with Gasteiger partial charge in [0.25, 0.3) is 12.3 Å². The molecule has 0 aliphatic rings. The Labute approximate surface area is 184 Å². The van der Waals surface area contributed by atoms with Gasteiger partial charge in [-0.2, -0.15) is 18.3 Å². The minimum Gasteiger partial charge on any atom is -0.355 e. The number of halogens is 5. The van der Waals surface area contributed by atoms with Gasteiger partial charge < -0.3 is 10.6 Å². The Kier molecular flexibility index (Phi) is 5.95. The van der Waals surface area contributed by atoms with Gasteiger partial charge in [-0.15, -0.1) is 0 Å². The van der Waals surface area contributed by atoms with Crippen LogP contribution in [0.1, 0.15) is 16.2 Å². The van der Waals surface area contributed by atoms with Crippen LogP contribution in [0.3, 0.4) is 0 Å². The van der Waals surface area contributed by atoms with E-state index in [1.165, 1.54) is 24.4 Å². The Bertz CT molecular complexity index is 1300. The number of benzene rings is 2. The number of nitrogens with one attached hydrogen (secondary N) is 2. The maximum absolute atomic E-state index is 13.3. The summed E-state index contributed by atoms with van der Waals surface area (Å²) in [5, 5.41) is 9.82. The van der Waals surface area contributed by atoms with Crippen molar-refractivity contribution in [1.29, 1.82) is 0 Å². The first kappa shape index (κ1) is 22.2. The van der Waals surface area contributed by atoms with E-state index in [1.54, 1.807) is 36.4 Å². The molecule has 2 heterocycles. The molecular weight excluding hydrogens is 445 g/mol. The molecule has 0 atom stereocenters. The van der Waals surface area contributed by atoms with Gasteiger partial charge in [0.15, 0.2) is 5.69 Å². The Hall–Kier alpha value is -4.02. The van der Waals surface area contributed by atoms with Crippen LogP contribution in [0.25, 0.3) is 10.9 Å². The highest BCUT2D eigenvalue weighted by Crippen LogP contribution is 2.34.